The van der Waals surface area contributed by atoms with Gasteiger partial charge in [-0.15, -0.1) is 0 Å². The summed E-state index contributed by atoms with van der Waals surface area (Å²) in [6, 6.07) is 0. The standard InChI is InChI=1S/C12H26BrN/c1-6-14(8-10(2)3)9-12(7-13)11(4)5/h10-12H,6-9H2,1-5H3. The molecule has 14 heavy (non-hydrogen) atoms. The molecule has 0 saturated carbocycles. The van der Waals surface area contributed by atoms with Gasteiger partial charge < -0.3 is 4.90 Å². The van der Waals surface area contributed by atoms with Crippen LogP contribution in [0, 0.1) is 17.8 Å². The highest BCUT2D eigenvalue weighted by atomic mass is 79.9. The Morgan fingerprint density at radius 2 is 1.64 bits per heavy atom. The fourth-order valence-corrected chi connectivity index (χ4v) is 2.57. The van der Waals surface area contributed by atoms with Crippen LogP contribution in [0.25, 0.3) is 0 Å². The lowest BCUT2D eigenvalue weighted by Crippen LogP contribution is -2.35. The SMILES string of the molecule is CCN(CC(C)C)CC(CBr)C(C)C. The van der Waals surface area contributed by atoms with Gasteiger partial charge in [0.1, 0.15) is 0 Å². The van der Waals surface area contributed by atoms with Crippen molar-refractivity contribution in [2.75, 3.05) is 25.0 Å². The van der Waals surface area contributed by atoms with Gasteiger partial charge in [0, 0.05) is 18.4 Å². The zero-order valence-electron chi connectivity index (χ0n) is 10.4. The highest BCUT2D eigenvalue weighted by Crippen LogP contribution is 2.15. The van der Waals surface area contributed by atoms with Crippen molar-refractivity contribution >= 4 is 15.9 Å². The normalized spacial score (nSPS) is 14.4. The fourth-order valence-electron chi connectivity index (χ4n) is 1.62. The van der Waals surface area contributed by atoms with Crippen molar-refractivity contribution in [3.8, 4) is 0 Å². The quantitative estimate of drug-likeness (QED) is 0.635. The molecule has 0 radical (unpaired) electrons. The number of nitrogens with zero attached hydrogens (tertiary/aromatic N) is 1. The third-order valence-corrected chi connectivity index (χ3v) is 3.54. The van der Waals surface area contributed by atoms with E-state index in [9.17, 15) is 0 Å². The van der Waals surface area contributed by atoms with Gasteiger partial charge in [-0.3, -0.25) is 0 Å². The van der Waals surface area contributed by atoms with Crippen molar-refractivity contribution in [3.05, 3.63) is 0 Å². The van der Waals surface area contributed by atoms with E-state index in [1.807, 2.05) is 0 Å². The van der Waals surface area contributed by atoms with Gasteiger partial charge in [0.15, 0.2) is 0 Å². The van der Waals surface area contributed by atoms with Gasteiger partial charge in [0.05, 0.1) is 0 Å². The summed E-state index contributed by atoms with van der Waals surface area (Å²) in [6.07, 6.45) is 0. The van der Waals surface area contributed by atoms with Gasteiger partial charge in [-0.2, -0.15) is 0 Å². The average molecular weight is 264 g/mol. The molecule has 1 nitrogen and oxygen atoms in total. The lowest BCUT2D eigenvalue weighted by Gasteiger charge is -2.28. The van der Waals surface area contributed by atoms with Crippen LogP contribution >= 0.6 is 15.9 Å². The molecule has 0 aromatic carbocycles. The Kier molecular flexibility index (Phi) is 7.94. The monoisotopic (exact) mass is 263 g/mol. The van der Waals surface area contributed by atoms with E-state index in [-0.39, 0.29) is 0 Å². The van der Waals surface area contributed by atoms with Crippen LogP contribution in [-0.2, 0) is 0 Å². The van der Waals surface area contributed by atoms with Crippen LogP contribution in [0.3, 0.4) is 0 Å². The molecule has 0 amide bonds. The molecular weight excluding hydrogens is 238 g/mol. The summed E-state index contributed by atoms with van der Waals surface area (Å²) in [5, 5.41) is 1.12. The van der Waals surface area contributed by atoms with Crippen molar-refractivity contribution in [1.29, 1.82) is 0 Å². The minimum absolute atomic E-state index is 0.774. The summed E-state index contributed by atoms with van der Waals surface area (Å²) in [5.41, 5.74) is 0. The molecule has 1 atom stereocenters. The molecule has 0 aromatic rings. The van der Waals surface area contributed by atoms with Gasteiger partial charge in [-0.25, -0.2) is 0 Å². The molecule has 0 saturated heterocycles. The Morgan fingerprint density at radius 1 is 1.07 bits per heavy atom. The maximum atomic E-state index is 3.61. The second-order valence-corrected chi connectivity index (χ2v) is 5.55. The first-order valence-corrected chi connectivity index (χ1v) is 6.91. The molecule has 0 aliphatic rings. The molecule has 1 unspecified atom stereocenters. The zero-order chi connectivity index (χ0) is 11.1. The molecule has 86 valence electrons. The predicted molar refractivity (Wildman–Crippen MR) is 69.1 cm³/mol. The fraction of sp³-hybridized carbons (Fsp3) is 1.00. The van der Waals surface area contributed by atoms with Crippen LogP contribution < -0.4 is 0 Å². The molecule has 0 aliphatic carbocycles. The third-order valence-electron chi connectivity index (χ3n) is 2.70. The molecular formula is C12H26BrN. The maximum absolute atomic E-state index is 3.61. The summed E-state index contributed by atoms with van der Waals surface area (Å²) in [7, 11) is 0. The van der Waals surface area contributed by atoms with Crippen LogP contribution in [0.15, 0.2) is 0 Å². The topological polar surface area (TPSA) is 3.24 Å². The highest BCUT2D eigenvalue weighted by molar-refractivity contribution is 9.09. The van der Waals surface area contributed by atoms with Crippen LogP contribution in [-0.4, -0.2) is 29.9 Å². The Balaban J connectivity index is 4.00. The van der Waals surface area contributed by atoms with Crippen molar-refractivity contribution in [3.63, 3.8) is 0 Å². The van der Waals surface area contributed by atoms with Crippen molar-refractivity contribution in [1.82, 2.24) is 4.90 Å². The van der Waals surface area contributed by atoms with E-state index < -0.39 is 0 Å². The van der Waals surface area contributed by atoms with E-state index in [0.717, 1.165) is 23.1 Å². The van der Waals surface area contributed by atoms with Gasteiger partial charge >= 0.3 is 0 Å². The lowest BCUT2D eigenvalue weighted by atomic mass is 9.97. The third kappa shape index (κ3) is 6.02. The van der Waals surface area contributed by atoms with Gasteiger partial charge in [-0.1, -0.05) is 50.5 Å². The first-order chi connectivity index (χ1) is 6.51. The summed E-state index contributed by atoms with van der Waals surface area (Å²) >= 11 is 3.61. The van der Waals surface area contributed by atoms with Gasteiger partial charge in [-0.05, 0) is 24.3 Å². The second-order valence-electron chi connectivity index (χ2n) is 4.90. The second kappa shape index (κ2) is 7.70. The van der Waals surface area contributed by atoms with Crippen molar-refractivity contribution in [2.45, 2.75) is 34.6 Å². The number of alkyl halides is 1. The smallest absolute Gasteiger partial charge is 0.00743 e. The molecule has 0 heterocycles. The Labute approximate surface area is 98.4 Å². The van der Waals surface area contributed by atoms with E-state index >= 15 is 0 Å². The largest absolute Gasteiger partial charge is 0.303 e. The molecule has 0 rings (SSSR count). The number of halogens is 1. The summed E-state index contributed by atoms with van der Waals surface area (Å²) in [4.78, 5) is 2.57. The Bertz CT molecular complexity index is 134. The Morgan fingerprint density at radius 3 is 1.93 bits per heavy atom. The minimum atomic E-state index is 0.774. The zero-order valence-corrected chi connectivity index (χ0v) is 12.0. The van der Waals surface area contributed by atoms with E-state index in [0.29, 0.717) is 0 Å². The molecule has 0 fully saturated rings. The van der Waals surface area contributed by atoms with Gasteiger partial charge in [0.2, 0.25) is 0 Å². The first kappa shape index (κ1) is 14.4. The highest BCUT2D eigenvalue weighted by Gasteiger charge is 2.16. The molecule has 2 heteroatoms. The minimum Gasteiger partial charge on any atom is -0.303 e. The van der Waals surface area contributed by atoms with Crippen molar-refractivity contribution < 1.29 is 0 Å². The van der Waals surface area contributed by atoms with Crippen molar-refractivity contribution in [2.24, 2.45) is 17.8 Å². The van der Waals surface area contributed by atoms with Crippen LogP contribution in [0.5, 0.6) is 0 Å². The summed E-state index contributed by atoms with van der Waals surface area (Å²) < 4.78 is 0. The molecule has 0 bridgehead atoms. The first-order valence-electron chi connectivity index (χ1n) is 5.79. The predicted octanol–water partition coefficient (Wildman–Crippen LogP) is 3.63. The van der Waals surface area contributed by atoms with Gasteiger partial charge in [0.25, 0.3) is 0 Å². The van der Waals surface area contributed by atoms with Crippen LogP contribution in [0.1, 0.15) is 34.6 Å². The summed E-state index contributed by atoms with van der Waals surface area (Å²) in [6.45, 7) is 15.1. The van der Waals surface area contributed by atoms with E-state index in [4.69, 9.17) is 0 Å². The summed E-state index contributed by atoms with van der Waals surface area (Å²) in [5.74, 6) is 2.34. The maximum Gasteiger partial charge on any atom is 0.00743 e. The lowest BCUT2D eigenvalue weighted by molar-refractivity contribution is 0.203. The number of hydrogen-bond donors (Lipinski definition) is 0. The Hall–Kier alpha value is 0.440. The van der Waals surface area contributed by atoms with Crippen LogP contribution in [0.4, 0.5) is 0 Å². The van der Waals surface area contributed by atoms with Crippen LogP contribution in [0.2, 0.25) is 0 Å². The number of hydrogen-bond acceptors (Lipinski definition) is 1. The molecule has 0 aliphatic heterocycles. The van der Waals surface area contributed by atoms with E-state index in [2.05, 4.69) is 55.4 Å². The number of rotatable bonds is 7. The van der Waals surface area contributed by atoms with E-state index in [1.54, 1.807) is 0 Å². The average Bonchev–Trinajstić information content (AvgIpc) is 2.10. The molecule has 0 N–H and O–H groups in total. The molecule has 0 spiro atoms. The molecule has 0 aromatic heterocycles. The van der Waals surface area contributed by atoms with E-state index in [1.165, 1.54) is 19.6 Å².